The van der Waals surface area contributed by atoms with Crippen molar-refractivity contribution < 1.29 is 13.9 Å². The molecule has 1 aromatic rings. The summed E-state index contributed by atoms with van der Waals surface area (Å²) in [4.78, 5) is 14.6. The van der Waals surface area contributed by atoms with Gasteiger partial charge in [-0.2, -0.15) is 4.39 Å². The Labute approximate surface area is 81.9 Å². The van der Waals surface area contributed by atoms with E-state index in [0.717, 1.165) is 18.9 Å². The highest BCUT2D eigenvalue weighted by molar-refractivity contribution is 5.88. The molecule has 0 radical (unpaired) electrons. The van der Waals surface area contributed by atoms with Crippen LogP contribution in [-0.4, -0.2) is 17.6 Å². The molecular formula is C10H12FNO2. The van der Waals surface area contributed by atoms with Gasteiger partial charge in [0.15, 0.2) is 0 Å². The lowest BCUT2D eigenvalue weighted by molar-refractivity contribution is 0.0499. The van der Waals surface area contributed by atoms with Gasteiger partial charge in [-0.25, -0.2) is 9.78 Å². The minimum Gasteiger partial charge on any atom is -0.462 e. The zero-order valence-corrected chi connectivity index (χ0v) is 8.00. The summed E-state index contributed by atoms with van der Waals surface area (Å²) in [5.74, 6) is -1.05. The maximum absolute atomic E-state index is 12.4. The first kappa shape index (κ1) is 10.6. The second kappa shape index (κ2) is 5.32. The number of pyridine rings is 1. The number of halogens is 1. The molecule has 0 N–H and O–H groups in total. The van der Waals surface area contributed by atoms with E-state index in [-0.39, 0.29) is 5.56 Å². The van der Waals surface area contributed by atoms with E-state index in [1.807, 2.05) is 6.92 Å². The number of hydrogen-bond donors (Lipinski definition) is 0. The van der Waals surface area contributed by atoms with Crippen molar-refractivity contribution in [1.29, 1.82) is 0 Å². The van der Waals surface area contributed by atoms with Crippen LogP contribution < -0.4 is 0 Å². The van der Waals surface area contributed by atoms with Crippen LogP contribution in [0.5, 0.6) is 0 Å². The lowest BCUT2D eigenvalue weighted by Gasteiger charge is -2.02. The molecule has 0 atom stereocenters. The Balaban J connectivity index is 2.48. The molecule has 0 amide bonds. The molecule has 0 aliphatic rings. The Hall–Kier alpha value is -1.45. The van der Waals surface area contributed by atoms with Crippen LogP contribution in [0.3, 0.4) is 0 Å². The minimum atomic E-state index is -0.602. The van der Waals surface area contributed by atoms with Gasteiger partial charge >= 0.3 is 5.97 Å². The molecule has 1 heterocycles. The van der Waals surface area contributed by atoms with Crippen molar-refractivity contribution in [2.45, 2.75) is 19.8 Å². The molecule has 1 rings (SSSR count). The van der Waals surface area contributed by atoms with Crippen molar-refractivity contribution in [3.8, 4) is 0 Å². The standard InChI is InChI=1S/C10H12FNO2/c1-2-3-6-14-10(13)8-4-5-9(11)12-7-8/h4-5,7H,2-3,6H2,1H3. The Morgan fingerprint density at radius 1 is 1.57 bits per heavy atom. The van der Waals surface area contributed by atoms with Crippen LogP contribution in [0.4, 0.5) is 4.39 Å². The summed E-state index contributed by atoms with van der Waals surface area (Å²) in [6.07, 6.45) is 2.97. The second-order valence-electron chi connectivity index (χ2n) is 2.86. The van der Waals surface area contributed by atoms with Gasteiger partial charge in [0.05, 0.1) is 12.2 Å². The smallest absolute Gasteiger partial charge is 0.339 e. The van der Waals surface area contributed by atoms with Crippen LogP contribution in [-0.2, 0) is 4.74 Å². The van der Waals surface area contributed by atoms with Crippen molar-refractivity contribution in [2.24, 2.45) is 0 Å². The highest BCUT2D eigenvalue weighted by Crippen LogP contribution is 2.02. The number of esters is 1. The fourth-order valence-electron chi connectivity index (χ4n) is 0.889. The number of carbonyl (C=O) groups is 1. The average molecular weight is 197 g/mol. The van der Waals surface area contributed by atoms with E-state index in [1.54, 1.807) is 0 Å². The second-order valence-corrected chi connectivity index (χ2v) is 2.86. The van der Waals surface area contributed by atoms with E-state index in [2.05, 4.69) is 4.98 Å². The highest BCUT2D eigenvalue weighted by atomic mass is 19.1. The zero-order chi connectivity index (χ0) is 10.4. The van der Waals surface area contributed by atoms with Gasteiger partial charge in [0.2, 0.25) is 5.95 Å². The van der Waals surface area contributed by atoms with Gasteiger partial charge in [0.25, 0.3) is 0 Å². The van der Waals surface area contributed by atoms with E-state index in [1.165, 1.54) is 12.3 Å². The quantitative estimate of drug-likeness (QED) is 0.422. The summed E-state index contributed by atoms with van der Waals surface area (Å²) in [7, 11) is 0. The predicted octanol–water partition coefficient (Wildman–Crippen LogP) is 2.18. The number of carbonyl (C=O) groups excluding carboxylic acids is 1. The third-order valence-corrected chi connectivity index (χ3v) is 1.69. The predicted molar refractivity (Wildman–Crippen MR) is 49.4 cm³/mol. The SMILES string of the molecule is CCCCOC(=O)c1ccc(F)nc1. The van der Waals surface area contributed by atoms with Crippen molar-refractivity contribution in [3.05, 3.63) is 29.8 Å². The van der Waals surface area contributed by atoms with Gasteiger partial charge in [0.1, 0.15) is 0 Å². The highest BCUT2D eigenvalue weighted by Gasteiger charge is 2.06. The van der Waals surface area contributed by atoms with Crippen LogP contribution in [0.2, 0.25) is 0 Å². The summed E-state index contributed by atoms with van der Waals surface area (Å²) < 4.78 is 17.3. The monoisotopic (exact) mass is 197 g/mol. The Kier molecular flexibility index (Phi) is 4.04. The van der Waals surface area contributed by atoms with Crippen molar-refractivity contribution >= 4 is 5.97 Å². The largest absolute Gasteiger partial charge is 0.462 e. The zero-order valence-electron chi connectivity index (χ0n) is 8.00. The van der Waals surface area contributed by atoms with Crippen molar-refractivity contribution in [2.75, 3.05) is 6.61 Å². The molecule has 0 unspecified atom stereocenters. The van der Waals surface area contributed by atoms with Gasteiger partial charge in [-0.15, -0.1) is 0 Å². The van der Waals surface area contributed by atoms with Crippen LogP contribution in [0.15, 0.2) is 18.3 Å². The number of rotatable bonds is 4. The molecule has 0 fully saturated rings. The third-order valence-electron chi connectivity index (χ3n) is 1.69. The normalized spacial score (nSPS) is 9.86. The van der Waals surface area contributed by atoms with E-state index in [0.29, 0.717) is 6.61 Å². The molecule has 0 aromatic carbocycles. The molecule has 14 heavy (non-hydrogen) atoms. The lowest BCUT2D eigenvalue weighted by atomic mass is 10.3. The van der Waals surface area contributed by atoms with E-state index < -0.39 is 11.9 Å². The maximum Gasteiger partial charge on any atom is 0.339 e. The summed E-state index contributed by atoms with van der Waals surface area (Å²) in [6.45, 7) is 2.40. The molecule has 0 aliphatic heterocycles. The van der Waals surface area contributed by atoms with Gasteiger partial charge in [-0.1, -0.05) is 13.3 Å². The molecule has 1 aromatic heterocycles. The Morgan fingerprint density at radius 3 is 2.93 bits per heavy atom. The Bertz CT molecular complexity index is 297. The van der Waals surface area contributed by atoms with Crippen molar-refractivity contribution in [1.82, 2.24) is 4.98 Å². The van der Waals surface area contributed by atoms with Gasteiger partial charge in [0, 0.05) is 6.20 Å². The van der Waals surface area contributed by atoms with Crippen molar-refractivity contribution in [3.63, 3.8) is 0 Å². The summed E-state index contributed by atoms with van der Waals surface area (Å²) in [5.41, 5.74) is 0.280. The first-order valence-corrected chi connectivity index (χ1v) is 4.52. The molecule has 3 nitrogen and oxygen atoms in total. The number of nitrogens with zero attached hydrogens (tertiary/aromatic N) is 1. The number of ether oxygens (including phenoxy) is 1. The molecule has 0 aliphatic carbocycles. The first-order valence-electron chi connectivity index (χ1n) is 4.52. The Morgan fingerprint density at radius 2 is 2.36 bits per heavy atom. The average Bonchev–Trinajstić information content (AvgIpc) is 2.19. The number of unbranched alkanes of at least 4 members (excludes halogenated alkanes) is 1. The number of hydrogen-bond acceptors (Lipinski definition) is 3. The van der Waals surface area contributed by atoms with Crippen LogP contribution in [0.25, 0.3) is 0 Å². The fourth-order valence-corrected chi connectivity index (χ4v) is 0.889. The molecule has 0 saturated carbocycles. The van der Waals surface area contributed by atoms with E-state index in [4.69, 9.17) is 4.74 Å². The summed E-state index contributed by atoms with van der Waals surface area (Å²) in [6, 6.07) is 2.49. The molecule has 0 saturated heterocycles. The first-order chi connectivity index (χ1) is 6.74. The lowest BCUT2D eigenvalue weighted by Crippen LogP contribution is -2.06. The molecule has 4 heteroatoms. The third kappa shape index (κ3) is 3.12. The fraction of sp³-hybridized carbons (Fsp3) is 0.400. The maximum atomic E-state index is 12.4. The van der Waals surface area contributed by atoms with E-state index >= 15 is 0 Å². The van der Waals surface area contributed by atoms with Crippen LogP contribution >= 0.6 is 0 Å². The van der Waals surface area contributed by atoms with Gasteiger partial charge in [-0.05, 0) is 18.6 Å². The molecule has 0 spiro atoms. The molecule has 0 bridgehead atoms. The van der Waals surface area contributed by atoms with Crippen LogP contribution in [0.1, 0.15) is 30.1 Å². The van der Waals surface area contributed by atoms with E-state index in [9.17, 15) is 9.18 Å². The molecule has 76 valence electrons. The topological polar surface area (TPSA) is 39.2 Å². The summed E-state index contributed by atoms with van der Waals surface area (Å²) >= 11 is 0. The van der Waals surface area contributed by atoms with Gasteiger partial charge < -0.3 is 4.74 Å². The van der Waals surface area contributed by atoms with Gasteiger partial charge in [-0.3, -0.25) is 0 Å². The number of aromatic nitrogens is 1. The summed E-state index contributed by atoms with van der Waals surface area (Å²) in [5, 5.41) is 0. The minimum absolute atomic E-state index is 0.280. The van der Waals surface area contributed by atoms with Crippen LogP contribution in [0, 0.1) is 5.95 Å². The molecular weight excluding hydrogens is 185 g/mol.